The van der Waals surface area contributed by atoms with E-state index in [9.17, 15) is 4.79 Å². The molecule has 2 aliphatic rings. The van der Waals surface area contributed by atoms with Crippen molar-refractivity contribution in [3.05, 3.63) is 0 Å². The molecule has 1 heterocycles. The number of ether oxygens (including phenoxy) is 1. The number of carbonyl (C=O) groups excluding carboxylic acids is 1. The number of amides is 1. The molecule has 0 bridgehead atoms. The van der Waals surface area contributed by atoms with Crippen molar-refractivity contribution in [1.82, 2.24) is 10.2 Å². The first-order valence-electron chi connectivity index (χ1n) is 6.32. The van der Waals surface area contributed by atoms with Gasteiger partial charge in [-0.3, -0.25) is 4.79 Å². The second-order valence-electron chi connectivity index (χ2n) is 4.88. The molecule has 0 spiro atoms. The van der Waals surface area contributed by atoms with Crippen LogP contribution < -0.4 is 5.32 Å². The van der Waals surface area contributed by atoms with Crippen LogP contribution in [-0.4, -0.2) is 49.7 Å². The van der Waals surface area contributed by atoms with Crippen molar-refractivity contribution in [2.45, 2.75) is 44.2 Å². The molecule has 1 saturated heterocycles. The molecule has 0 atom stereocenters. The third-order valence-electron chi connectivity index (χ3n) is 3.69. The van der Waals surface area contributed by atoms with Gasteiger partial charge in [0, 0.05) is 32.3 Å². The molecule has 0 unspecified atom stereocenters. The largest absolute Gasteiger partial charge is 0.375 e. The summed E-state index contributed by atoms with van der Waals surface area (Å²) in [6, 6.07) is 1.38. The fourth-order valence-electron chi connectivity index (χ4n) is 2.42. The summed E-state index contributed by atoms with van der Waals surface area (Å²) in [4.78, 5) is 13.5. The van der Waals surface area contributed by atoms with E-state index in [-0.39, 0.29) is 12.5 Å². The minimum Gasteiger partial charge on any atom is -0.375 e. The average Bonchev–Trinajstić information content (AvgIpc) is 2.25. The molecular weight excluding hydrogens is 204 g/mol. The SMILES string of the molecule is COCC(=O)N1CCC(NC2CCC2)CC1. The monoisotopic (exact) mass is 226 g/mol. The molecular formula is C12H22N2O2. The zero-order valence-corrected chi connectivity index (χ0v) is 10.1. The smallest absolute Gasteiger partial charge is 0.248 e. The van der Waals surface area contributed by atoms with Gasteiger partial charge in [-0.15, -0.1) is 0 Å². The van der Waals surface area contributed by atoms with Crippen LogP contribution in [0.15, 0.2) is 0 Å². The second-order valence-corrected chi connectivity index (χ2v) is 4.88. The van der Waals surface area contributed by atoms with Gasteiger partial charge in [-0.1, -0.05) is 6.42 Å². The lowest BCUT2D eigenvalue weighted by atomic mass is 9.91. The number of hydrogen-bond donors (Lipinski definition) is 1. The van der Waals surface area contributed by atoms with Crippen molar-refractivity contribution in [3.8, 4) is 0 Å². The zero-order chi connectivity index (χ0) is 11.4. The Morgan fingerprint density at radius 2 is 1.88 bits per heavy atom. The van der Waals surface area contributed by atoms with Crippen LogP contribution in [0.5, 0.6) is 0 Å². The Morgan fingerprint density at radius 1 is 1.25 bits per heavy atom. The number of carbonyl (C=O) groups is 1. The summed E-state index contributed by atoms with van der Waals surface area (Å²) in [5.74, 6) is 0.129. The number of rotatable bonds is 4. The predicted octanol–water partition coefficient (Wildman–Crippen LogP) is 0.766. The van der Waals surface area contributed by atoms with Crippen molar-refractivity contribution in [1.29, 1.82) is 0 Å². The molecule has 92 valence electrons. The van der Waals surface area contributed by atoms with Crippen LogP contribution in [0.1, 0.15) is 32.1 Å². The molecule has 1 saturated carbocycles. The highest BCUT2D eigenvalue weighted by molar-refractivity contribution is 5.77. The Hall–Kier alpha value is -0.610. The minimum atomic E-state index is 0.129. The van der Waals surface area contributed by atoms with Crippen LogP contribution in [0.25, 0.3) is 0 Å². The maximum Gasteiger partial charge on any atom is 0.248 e. The van der Waals surface area contributed by atoms with Crippen LogP contribution in [-0.2, 0) is 9.53 Å². The molecule has 2 rings (SSSR count). The Kier molecular flexibility index (Phi) is 4.18. The Balaban J connectivity index is 1.67. The normalized spacial score (nSPS) is 23.2. The van der Waals surface area contributed by atoms with Crippen LogP contribution in [0.3, 0.4) is 0 Å². The molecule has 16 heavy (non-hydrogen) atoms. The first-order valence-corrected chi connectivity index (χ1v) is 6.32. The first-order chi connectivity index (χ1) is 7.79. The summed E-state index contributed by atoms with van der Waals surface area (Å²) in [7, 11) is 1.57. The quantitative estimate of drug-likeness (QED) is 0.769. The maximum absolute atomic E-state index is 11.6. The molecule has 0 radical (unpaired) electrons. The number of nitrogens with zero attached hydrogens (tertiary/aromatic N) is 1. The third kappa shape index (κ3) is 2.95. The lowest BCUT2D eigenvalue weighted by Gasteiger charge is -2.37. The second kappa shape index (κ2) is 5.64. The van der Waals surface area contributed by atoms with E-state index in [2.05, 4.69) is 5.32 Å². The molecule has 1 amide bonds. The van der Waals surface area contributed by atoms with Gasteiger partial charge >= 0.3 is 0 Å². The van der Waals surface area contributed by atoms with E-state index in [0.717, 1.165) is 32.0 Å². The number of nitrogens with one attached hydrogen (secondary N) is 1. The highest BCUT2D eigenvalue weighted by Gasteiger charge is 2.26. The molecule has 4 nitrogen and oxygen atoms in total. The van der Waals surface area contributed by atoms with E-state index in [1.807, 2.05) is 4.90 Å². The Labute approximate surface area is 97.3 Å². The predicted molar refractivity (Wildman–Crippen MR) is 62.3 cm³/mol. The number of hydrogen-bond acceptors (Lipinski definition) is 3. The van der Waals surface area contributed by atoms with Crippen molar-refractivity contribution < 1.29 is 9.53 Å². The van der Waals surface area contributed by atoms with E-state index in [0.29, 0.717) is 6.04 Å². The van der Waals surface area contributed by atoms with Crippen LogP contribution in [0.2, 0.25) is 0 Å². The summed E-state index contributed by atoms with van der Waals surface area (Å²) < 4.78 is 4.87. The van der Waals surface area contributed by atoms with E-state index in [1.54, 1.807) is 7.11 Å². The molecule has 0 aromatic rings. The van der Waals surface area contributed by atoms with Gasteiger partial charge in [0.25, 0.3) is 0 Å². The Morgan fingerprint density at radius 3 is 2.38 bits per heavy atom. The van der Waals surface area contributed by atoms with Crippen molar-refractivity contribution in [2.24, 2.45) is 0 Å². The summed E-state index contributed by atoms with van der Waals surface area (Å²) in [5, 5.41) is 3.68. The highest BCUT2D eigenvalue weighted by Crippen LogP contribution is 2.21. The molecule has 1 aliphatic heterocycles. The summed E-state index contributed by atoms with van der Waals surface area (Å²) in [5.41, 5.74) is 0. The van der Waals surface area contributed by atoms with Crippen LogP contribution >= 0.6 is 0 Å². The van der Waals surface area contributed by atoms with Gasteiger partial charge < -0.3 is 15.0 Å². The average molecular weight is 226 g/mol. The molecule has 1 N–H and O–H groups in total. The molecule has 0 aromatic carbocycles. The zero-order valence-electron chi connectivity index (χ0n) is 10.1. The lowest BCUT2D eigenvalue weighted by Crippen LogP contribution is -2.49. The van der Waals surface area contributed by atoms with Crippen molar-refractivity contribution in [3.63, 3.8) is 0 Å². The fourth-order valence-corrected chi connectivity index (χ4v) is 2.42. The summed E-state index contributed by atoms with van der Waals surface area (Å²) in [6.45, 7) is 1.99. The Bertz CT molecular complexity index is 233. The van der Waals surface area contributed by atoms with Crippen LogP contribution in [0, 0.1) is 0 Å². The van der Waals surface area contributed by atoms with Crippen molar-refractivity contribution >= 4 is 5.91 Å². The maximum atomic E-state index is 11.6. The highest BCUT2D eigenvalue weighted by atomic mass is 16.5. The number of likely N-dealkylation sites (tertiary alicyclic amines) is 1. The van der Waals surface area contributed by atoms with Gasteiger partial charge in [0.1, 0.15) is 6.61 Å². The summed E-state index contributed by atoms with van der Waals surface area (Å²) in [6.07, 6.45) is 6.23. The topological polar surface area (TPSA) is 41.6 Å². The standard InChI is InChI=1S/C12H22N2O2/c1-16-9-12(15)14-7-5-11(6-8-14)13-10-3-2-4-10/h10-11,13H,2-9H2,1H3. The molecule has 0 aromatic heterocycles. The third-order valence-corrected chi connectivity index (χ3v) is 3.69. The molecule has 4 heteroatoms. The summed E-state index contributed by atoms with van der Waals surface area (Å²) >= 11 is 0. The van der Waals surface area contributed by atoms with Gasteiger partial charge in [0.05, 0.1) is 0 Å². The van der Waals surface area contributed by atoms with E-state index < -0.39 is 0 Å². The van der Waals surface area contributed by atoms with Gasteiger partial charge in [-0.2, -0.15) is 0 Å². The fraction of sp³-hybridized carbons (Fsp3) is 0.917. The van der Waals surface area contributed by atoms with Gasteiger partial charge in [-0.25, -0.2) is 0 Å². The number of piperidine rings is 1. The number of methoxy groups -OCH3 is 1. The first kappa shape index (κ1) is 11.9. The molecule has 2 fully saturated rings. The van der Waals surface area contributed by atoms with Crippen molar-refractivity contribution in [2.75, 3.05) is 26.8 Å². The molecule has 1 aliphatic carbocycles. The minimum absolute atomic E-state index is 0.129. The van der Waals surface area contributed by atoms with Gasteiger partial charge in [0.15, 0.2) is 0 Å². The van der Waals surface area contributed by atoms with Gasteiger partial charge in [-0.05, 0) is 25.7 Å². The van der Waals surface area contributed by atoms with E-state index in [1.165, 1.54) is 19.3 Å². The lowest BCUT2D eigenvalue weighted by molar-refractivity contribution is -0.136. The van der Waals surface area contributed by atoms with Gasteiger partial charge in [0.2, 0.25) is 5.91 Å². The van der Waals surface area contributed by atoms with E-state index in [4.69, 9.17) is 4.74 Å². The van der Waals surface area contributed by atoms with E-state index >= 15 is 0 Å². The van der Waals surface area contributed by atoms with Crippen LogP contribution in [0.4, 0.5) is 0 Å².